The van der Waals surface area contributed by atoms with E-state index >= 15 is 0 Å². The highest BCUT2D eigenvalue weighted by atomic mass is 16.5. The molecule has 2 N–H and O–H groups in total. The third-order valence-electron chi connectivity index (χ3n) is 3.65. The van der Waals surface area contributed by atoms with Crippen LogP contribution in [-0.2, 0) is 14.3 Å². The monoisotopic (exact) mass is 314 g/mol. The minimum absolute atomic E-state index is 0.132. The number of hydrogen-bond donors (Lipinski definition) is 2. The summed E-state index contributed by atoms with van der Waals surface area (Å²) < 4.78 is 5.04. The van der Waals surface area contributed by atoms with E-state index in [0.29, 0.717) is 32.4 Å². The number of rotatable bonds is 6. The molecule has 1 aliphatic rings. The molecule has 22 heavy (non-hydrogen) atoms. The van der Waals surface area contributed by atoms with E-state index in [4.69, 9.17) is 9.84 Å². The van der Waals surface area contributed by atoms with Gasteiger partial charge in [-0.1, -0.05) is 0 Å². The number of carbonyl (C=O) groups excluding carboxylic acids is 2. The SMILES string of the molecule is CC(CCC(=O)OC(C)C)NC(=O)N1CCC(C(=O)O)CC1. The normalized spacial score (nSPS) is 17.2. The van der Waals surface area contributed by atoms with E-state index < -0.39 is 5.97 Å². The van der Waals surface area contributed by atoms with E-state index in [2.05, 4.69) is 5.32 Å². The molecule has 1 aliphatic heterocycles. The van der Waals surface area contributed by atoms with Crippen LogP contribution in [0.15, 0.2) is 0 Å². The molecule has 0 spiro atoms. The van der Waals surface area contributed by atoms with Crippen LogP contribution in [0.25, 0.3) is 0 Å². The summed E-state index contributed by atoms with van der Waals surface area (Å²) in [6.45, 7) is 6.33. The zero-order valence-corrected chi connectivity index (χ0v) is 13.5. The summed E-state index contributed by atoms with van der Waals surface area (Å²) in [5, 5.41) is 11.8. The highest BCUT2D eigenvalue weighted by Crippen LogP contribution is 2.17. The topological polar surface area (TPSA) is 95.9 Å². The average molecular weight is 314 g/mol. The second-order valence-electron chi connectivity index (χ2n) is 6.03. The van der Waals surface area contributed by atoms with Crippen molar-refractivity contribution in [3.63, 3.8) is 0 Å². The number of carboxylic acid groups (broad SMARTS) is 1. The molecule has 0 aliphatic carbocycles. The van der Waals surface area contributed by atoms with Crippen LogP contribution in [0.4, 0.5) is 4.79 Å². The van der Waals surface area contributed by atoms with E-state index in [1.54, 1.807) is 18.7 Å². The van der Waals surface area contributed by atoms with Gasteiger partial charge in [0.1, 0.15) is 0 Å². The highest BCUT2D eigenvalue weighted by molar-refractivity contribution is 5.76. The molecule has 0 aromatic rings. The Hall–Kier alpha value is -1.79. The van der Waals surface area contributed by atoms with Gasteiger partial charge in [-0.05, 0) is 40.0 Å². The van der Waals surface area contributed by atoms with Gasteiger partial charge >= 0.3 is 18.0 Å². The number of urea groups is 1. The second kappa shape index (κ2) is 8.60. The maximum atomic E-state index is 12.1. The molecule has 2 amide bonds. The summed E-state index contributed by atoms with van der Waals surface area (Å²) in [6.07, 6.45) is 1.62. The Labute approximate surface area is 131 Å². The highest BCUT2D eigenvalue weighted by Gasteiger charge is 2.27. The van der Waals surface area contributed by atoms with Gasteiger partial charge in [-0.15, -0.1) is 0 Å². The van der Waals surface area contributed by atoms with Gasteiger partial charge < -0.3 is 20.1 Å². The first-order valence-electron chi connectivity index (χ1n) is 7.77. The summed E-state index contributed by atoms with van der Waals surface area (Å²) >= 11 is 0. The minimum atomic E-state index is -0.794. The number of esters is 1. The smallest absolute Gasteiger partial charge is 0.317 e. The van der Waals surface area contributed by atoms with Crippen LogP contribution in [0.2, 0.25) is 0 Å². The number of nitrogens with zero attached hydrogens (tertiary/aromatic N) is 1. The lowest BCUT2D eigenvalue weighted by Gasteiger charge is -2.31. The third kappa shape index (κ3) is 6.32. The number of nitrogens with one attached hydrogen (secondary N) is 1. The molecule has 1 rings (SSSR count). The van der Waals surface area contributed by atoms with E-state index in [0.717, 1.165) is 0 Å². The second-order valence-corrected chi connectivity index (χ2v) is 6.03. The molecule has 1 saturated heterocycles. The van der Waals surface area contributed by atoms with Crippen LogP contribution in [0.1, 0.15) is 46.5 Å². The summed E-state index contributed by atoms with van der Waals surface area (Å²) in [7, 11) is 0. The number of ether oxygens (including phenoxy) is 1. The Balaban J connectivity index is 2.27. The maximum absolute atomic E-state index is 12.1. The van der Waals surface area contributed by atoms with Crippen LogP contribution in [-0.4, -0.2) is 53.2 Å². The molecular weight excluding hydrogens is 288 g/mol. The lowest BCUT2D eigenvalue weighted by molar-refractivity contribution is -0.147. The lowest BCUT2D eigenvalue weighted by atomic mass is 9.97. The number of carbonyl (C=O) groups is 3. The summed E-state index contributed by atoms with van der Waals surface area (Å²) in [4.78, 5) is 36.0. The molecule has 1 heterocycles. The van der Waals surface area contributed by atoms with Crippen LogP contribution in [0.5, 0.6) is 0 Å². The van der Waals surface area contributed by atoms with Crippen LogP contribution in [0, 0.1) is 5.92 Å². The number of carboxylic acids is 1. The van der Waals surface area contributed by atoms with Crippen LogP contribution in [0.3, 0.4) is 0 Å². The van der Waals surface area contributed by atoms with Crippen molar-refractivity contribution in [1.29, 1.82) is 0 Å². The van der Waals surface area contributed by atoms with Gasteiger partial charge in [0.15, 0.2) is 0 Å². The Bertz CT molecular complexity index is 403. The maximum Gasteiger partial charge on any atom is 0.317 e. The van der Waals surface area contributed by atoms with Crippen molar-refractivity contribution in [3.8, 4) is 0 Å². The molecule has 0 bridgehead atoms. The van der Waals surface area contributed by atoms with Crippen molar-refractivity contribution in [3.05, 3.63) is 0 Å². The fourth-order valence-corrected chi connectivity index (χ4v) is 2.36. The summed E-state index contributed by atoms with van der Waals surface area (Å²) in [5.74, 6) is -1.41. The average Bonchev–Trinajstić information content (AvgIpc) is 2.44. The van der Waals surface area contributed by atoms with Gasteiger partial charge in [-0.25, -0.2) is 4.79 Å². The molecular formula is C15H26N2O5. The molecule has 126 valence electrons. The lowest BCUT2D eigenvalue weighted by Crippen LogP contribution is -2.48. The number of piperidine rings is 1. The van der Waals surface area contributed by atoms with Gasteiger partial charge in [0.05, 0.1) is 12.0 Å². The zero-order chi connectivity index (χ0) is 16.7. The Morgan fingerprint density at radius 3 is 2.32 bits per heavy atom. The first-order chi connectivity index (χ1) is 10.3. The first kappa shape index (κ1) is 18.3. The zero-order valence-electron chi connectivity index (χ0n) is 13.5. The van der Waals surface area contributed by atoms with Gasteiger partial charge in [-0.3, -0.25) is 9.59 Å². The predicted molar refractivity (Wildman–Crippen MR) is 80.4 cm³/mol. The Morgan fingerprint density at radius 2 is 1.82 bits per heavy atom. The third-order valence-corrected chi connectivity index (χ3v) is 3.65. The van der Waals surface area contributed by atoms with Crippen molar-refractivity contribution in [2.75, 3.05) is 13.1 Å². The van der Waals surface area contributed by atoms with E-state index in [1.807, 2.05) is 6.92 Å². The van der Waals surface area contributed by atoms with E-state index in [9.17, 15) is 14.4 Å². The molecule has 0 saturated carbocycles. The van der Waals surface area contributed by atoms with E-state index in [1.165, 1.54) is 0 Å². The molecule has 1 atom stereocenters. The molecule has 7 nitrogen and oxygen atoms in total. The first-order valence-corrected chi connectivity index (χ1v) is 7.77. The Kier molecular flexibility index (Phi) is 7.14. The number of aliphatic carboxylic acids is 1. The molecule has 1 unspecified atom stereocenters. The van der Waals surface area contributed by atoms with Gasteiger partial charge in [-0.2, -0.15) is 0 Å². The molecule has 0 aromatic carbocycles. The predicted octanol–water partition coefficient (Wildman–Crippen LogP) is 1.61. The molecule has 0 aromatic heterocycles. The van der Waals surface area contributed by atoms with Gasteiger partial charge in [0.25, 0.3) is 0 Å². The van der Waals surface area contributed by atoms with Crippen molar-refractivity contribution in [2.45, 2.75) is 58.6 Å². The fraction of sp³-hybridized carbons (Fsp3) is 0.800. The minimum Gasteiger partial charge on any atom is -0.481 e. The van der Waals surface area contributed by atoms with Crippen molar-refractivity contribution in [1.82, 2.24) is 10.2 Å². The Morgan fingerprint density at radius 1 is 1.23 bits per heavy atom. The summed E-state index contributed by atoms with van der Waals surface area (Å²) in [5.41, 5.74) is 0. The number of hydrogen-bond acceptors (Lipinski definition) is 4. The summed E-state index contributed by atoms with van der Waals surface area (Å²) in [6, 6.07) is -0.335. The largest absolute Gasteiger partial charge is 0.481 e. The fourth-order valence-electron chi connectivity index (χ4n) is 2.36. The number of amides is 2. The molecule has 1 fully saturated rings. The van der Waals surface area contributed by atoms with Gasteiger partial charge in [0.2, 0.25) is 0 Å². The van der Waals surface area contributed by atoms with Gasteiger partial charge in [0, 0.05) is 25.6 Å². The van der Waals surface area contributed by atoms with Crippen LogP contribution < -0.4 is 5.32 Å². The van der Waals surface area contributed by atoms with E-state index in [-0.39, 0.29) is 36.5 Å². The standard InChI is InChI=1S/C15H26N2O5/c1-10(2)22-13(18)5-4-11(3)16-15(21)17-8-6-12(7-9-17)14(19)20/h10-12H,4-9H2,1-3H3,(H,16,21)(H,19,20). The van der Waals surface area contributed by atoms with Crippen molar-refractivity contribution in [2.24, 2.45) is 5.92 Å². The quantitative estimate of drug-likeness (QED) is 0.726. The van der Waals surface area contributed by atoms with Crippen molar-refractivity contribution < 1.29 is 24.2 Å². The molecule has 7 heteroatoms. The van der Waals surface area contributed by atoms with Crippen LogP contribution >= 0.6 is 0 Å². The van der Waals surface area contributed by atoms with Crippen molar-refractivity contribution >= 4 is 18.0 Å². The number of likely N-dealkylation sites (tertiary alicyclic amines) is 1. The molecule has 0 radical (unpaired) electrons.